The van der Waals surface area contributed by atoms with E-state index in [0.29, 0.717) is 63.4 Å². The normalized spacial score (nSPS) is 11.4. The monoisotopic (exact) mass is 1460 g/mol. The summed E-state index contributed by atoms with van der Waals surface area (Å²) in [5.74, 6) is 3.19. The maximum atomic E-state index is 9.87. The summed E-state index contributed by atoms with van der Waals surface area (Å²) >= 11 is 0. The van der Waals surface area contributed by atoms with Crippen molar-refractivity contribution < 1.29 is 59.3 Å². The van der Waals surface area contributed by atoms with Crippen molar-refractivity contribution in [3.05, 3.63) is 38.5 Å². The van der Waals surface area contributed by atoms with E-state index in [1.54, 1.807) is 11.8 Å². The number of halogens is 6. The van der Waals surface area contributed by atoms with Crippen LogP contribution >= 0.6 is 71.2 Å². The standard InChI is InChI=1S/4C8H15Si.4C6H16P2.C4.F6P.2Mn/c4*1-5-9(6-2,7-3)8-4;4*1-7(2)5-6-8(3)4;1-3-4-2;1-7(2,3,4,5)6;;/h4*5-7H2,1-3H3;4*5-6H2,1-4H3;;;;/q4*-1;;;;;-2;-1;;+3. The third-order valence-corrected chi connectivity index (χ3v) is 41.9. The van der Waals surface area contributed by atoms with Crippen molar-refractivity contribution >= 4 is 103 Å². The summed E-state index contributed by atoms with van der Waals surface area (Å²) in [7, 11) is -12.7. The summed E-state index contributed by atoms with van der Waals surface area (Å²) < 4.78 is 59.2. The van der Waals surface area contributed by atoms with Crippen molar-refractivity contribution in [2.75, 3.05) is 156 Å². The third-order valence-electron chi connectivity index (χ3n) is 13.2. The first-order valence-electron chi connectivity index (χ1n) is 28.2. The zero-order valence-corrected chi connectivity index (χ0v) is 71.6. The molecule has 0 aromatic heterocycles. The summed E-state index contributed by atoms with van der Waals surface area (Å²) in [5, 5.41) is 0. The molecule has 0 aliphatic carbocycles. The van der Waals surface area contributed by atoms with Crippen molar-refractivity contribution in [3.63, 3.8) is 0 Å². The molecule has 0 unspecified atom stereocenters. The Labute approximate surface area is 542 Å². The Kier molecular flexibility index (Phi) is 90.3. The van der Waals surface area contributed by atoms with Crippen molar-refractivity contribution in [2.45, 2.75) is 156 Å². The maximum Gasteiger partial charge on any atom is 3.00 e. The summed E-state index contributed by atoms with van der Waals surface area (Å²) in [6.45, 7) is 63.9. The first kappa shape index (κ1) is 111. The SMILES string of the molecule is CP(C)CCP(C)C.CP(C)CCP(C)C.CP(C)CCP(C)C.CP(C)CCP(C)C.F[P-](F)(F)(F)(F)F.[C-]#CC#[C-].[C-]#C[Si](CC)(CC)CC.[C-]#C[Si](CC)(CC)CC.[C-]#C[Si](CC)(CC)CC.[C-]#C[Si](CC)(CC)CC.[Mn+3].[Mn]. The fourth-order valence-corrected chi connectivity index (χ4v) is 26.6. The third kappa shape index (κ3) is 105. The van der Waals surface area contributed by atoms with Gasteiger partial charge in [-0.2, -0.15) is 0 Å². The molecule has 0 rings (SSSR count). The molecule has 0 atom stereocenters. The summed E-state index contributed by atoms with van der Waals surface area (Å²) in [6, 6.07) is 14.2. The molecule has 0 heterocycles. The fourth-order valence-electron chi connectivity index (χ4n) is 5.66. The molecule has 21 heteroatoms. The maximum absolute atomic E-state index is 10.7. The van der Waals surface area contributed by atoms with Crippen LogP contribution in [0, 0.1) is 72.6 Å². The van der Waals surface area contributed by atoms with E-state index in [-0.39, 0.29) is 34.1 Å². The first-order chi connectivity index (χ1) is 35.8. The molecule has 0 fully saturated rings. The minimum absolute atomic E-state index is 0. The minimum atomic E-state index is -10.7. The van der Waals surface area contributed by atoms with E-state index >= 15 is 0 Å². The molecule has 0 bridgehead atoms. The molecule has 0 spiro atoms. The van der Waals surface area contributed by atoms with Gasteiger partial charge in [-0.3, -0.25) is 0 Å². The van der Waals surface area contributed by atoms with Gasteiger partial charge in [-0.25, -0.2) is 0 Å². The summed E-state index contributed by atoms with van der Waals surface area (Å²) in [6.07, 6.45) is 52.1. The van der Waals surface area contributed by atoms with E-state index in [0.717, 1.165) is 0 Å². The molecule has 0 aromatic rings. The quantitative estimate of drug-likeness (QED) is 0.0297. The van der Waals surface area contributed by atoms with Gasteiger partial charge in [-0.05, 0) is 156 Å². The van der Waals surface area contributed by atoms with Crippen molar-refractivity contribution in [1.29, 1.82) is 0 Å². The van der Waals surface area contributed by atoms with Crippen LogP contribution in [0.3, 0.4) is 0 Å². The topological polar surface area (TPSA) is 0 Å². The average Bonchev–Trinajstić information content (AvgIpc) is 3.38. The molecule has 0 aliphatic heterocycles. The molecule has 0 N–H and O–H groups in total. The second-order valence-electron chi connectivity index (χ2n) is 21.5. The van der Waals surface area contributed by atoms with Gasteiger partial charge in [0, 0.05) is 17.1 Å². The molecule has 81 heavy (non-hydrogen) atoms. The van der Waals surface area contributed by atoms with E-state index in [2.05, 4.69) is 212 Å². The van der Waals surface area contributed by atoms with Crippen LogP contribution in [-0.2, 0) is 34.1 Å². The van der Waals surface area contributed by atoms with E-state index in [9.17, 15) is 25.2 Å². The van der Waals surface area contributed by atoms with Crippen LogP contribution in [0.5, 0.6) is 0 Å². The number of hydrogen-bond acceptors (Lipinski definition) is 0. The van der Waals surface area contributed by atoms with Crippen molar-refractivity contribution in [1.82, 2.24) is 0 Å². The van der Waals surface area contributed by atoms with Crippen LogP contribution in [0.25, 0.3) is 0 Å². The molecule has 485 valence electrons. The Morgan fingerprint density at radius 3 is 0.346 bits per heavy atom. The first-order valence-corrected chi connectivity index (χ1v) is 60.1. The number of rotatable bonds is 24. The van der Waals surface area contributed by atoms with E-state index in [4.69, 9.17) is 38.5 Å². The van der Waals surface area contributed by atoms with Gasteiger partial charge in [0.2, 0.25) is 0 Å². The van der Waals surface area contributed by atoms with E-state index in [1.165, 1.54) is 122 Å². The number of hydrogen-bond donors (Lipinski definition) is 0. The van der Waals surface area contributed by atoms with Gasteiger partial charge in [0.1, 0.15) is 0 Å². The minimum Gasteiger partial charge on any atom is -0.701 e. The van der Waals surface area contributed by atoms with Gasteiger partial charge in [-0.15, -0.1) is 63.4 Å². The molecular weight excluding hydrogens is 1340 g/mol. The Bertz CT molecular complexity index is 1330. The van der Waals surface area contributed by atoms with Crippen LogP contribution in [-0.4, -0.2) is 188 Å². The van der Waals surface area contributed by atoms with Crippen LogP contribution < -0.4 is 0 Å². The Balaban J connectivity index is -0.0000000654. The molecular formula is C60H124F6Mn2P9Si4-4. The van der Waals surface area contributed by atoms with Gasteiger partial charge in [0.25, 0.3) is 0 Å². The van der Waals surface area contributed by atoms with Crippen LogP contribution in [0.2, 0.25) is 72.5 Å². The Morgan fingerprint density at radius 1 is 0.259 bits per heavy atom. The molecule has 1 radical (unpaired) electrons. The van der Waals surface area contributed by atoms with E-state index < -0.39 is 40.1 Å². The zero-order chi connectivity index (χ0) is 65.4. The molecule has 0 nitrogen and oxygen atoms in total. The summed E-state index contributed by atoms with van der Waals surface area (Å²) in [4.78, 5) is 0. The predicted octanol–water partition coefficient (Wildman–Crippen LogP) is 23.9. The van der Waals surface area contributed by atoms with Crippen molar-refractivity contribution in [3.8, 4) is 34.0 Å². The summed E-state index contributed by atoms with van der Waals surface area (Å²) in [5.41, 5.74) is 11.0. The Hall–Kier alpha value is 2.72. The molecule has 0 saturated heterocycles. The zero-order valence-electron chi connectivity index (χ0n) is 57.2. The van der Waals surface area contributed by atoms with Gasteiger partial charge in [-0.1, -0.05) is 156 Å². The fraction of sp³-hybridized carbons (Fsp3) is 0.800. The van der Waals surface area contributed by atoms with Gasteiger partial charge >= 0.3 is 50.1 Å². The van der Waals surface area contributed by atoms with Gasteiger partial charge in [0.15, 0.2) is 0 Å². The van der Waals surface area contributed by atoms with Crippen LogP contribution in [0.1, 0.15) is 83.1 Å². The largest absolute Gasteiger partial charge is 3.00 e. The van der Waals surface area contributed by atoms with Crippen LogP contribution in [0.15, 0.2) is 0 Å². The van der Waals surface area contributed by atoms with E-state index in [1.807, 2.05) is 0 Å². The average molecular weight is 1460 g/mol. The van der Waals surface area contributed by atoms with Crippen LogP contribution in [0.4, 0.5) is 25.2 Å². The second-order valence-corrected chi connectivity index (χ2v) is 64.0. The molecule has 0 amide bonds. The molecule has 0 aliphatic rings. The second kappa shape index (κ2) is 65.7. The molecule has 0 saturated carbocycles. The smallest absolute Gasteiger partial charge is 0.701 e. The van der Waals surface area contributed by atoms with Crippen molar-refractivity contribution in [2.24, 2.45) is 0 Å². The molecule has 0 aromatic carbocycles. The predicted molar refractivity (Wildman–Crippen MR) is 394 cm³/mol. The Morgan fingerprint density at radius 2 is 0.333 bits per heavy atom. The van der Waals surface area contributed by atoms with Gasteiger partial charge < -0.3 is 72.6 Å². The van der Waals surface area contributed by atoms with Gasteiger partial charge in [0.05, 0.1) is 32.3 Å².